The molecule has 0 aromatic carbocycles. The van der Waals surface area contributed by atoms with Crippen LogP contribution in [0.3, 0.4) is 0 Å². The lowest BCUT2D eigenvalue weighted by atomic mass is 10.3. The molecule has 2 rings (SSSR count). The molecule has 7 heteroatoms. The van der Waals surface area contributed by atoms with E-state index in [-0.39, 0.29) is 16.8 Å². The Hall–Kier alpha value is -2.57. The van der Waals surface area contributed by atoms with E-state index in [0.29, 0.717) is 18.8 Å². The van der Waals surface area contributed by atoms with Crippen molar-refractivity contribution in [1.82, 2.24) is 13.7 Å². The number of anilines is 1. The molecule has 0 aliphatic carbocycles. The fourth-order valence-corrected chi connectivity index (χ4v) is 2.19. The maximum atomic E-state index is 11.9. The summed E-state index contributed by atoms with van der Waals surface area (Å²) in [6.45, 7) is 2.98. The number of pyridine rings is 1. The van der Waals surface area contributed by atoms with Crippen LogP contribution in [0.5, 0.6) is 0 Å². The van der Waals surface area contributed by atoms with E-state index in [0.717, 1.165) is 16.7 Å². The second-order valence-corrected chi connectivity index (χ2v) is 5.18. The average molecular weight is 304 g/mol. The minimum absolute atomic E-state index is 0.0478. The summed E-state index contributed by atoms with van der Waals surface area (Å²) in [5.41, 5.74) is 0.604. The summed E-state index contributed by atoms with van der Waals surface area (Å²) < 4.78 is 4.12. The molecule has 0 bridgehead atoms. The van der Waals surface area contributed by atoms with E-state index in [1.165, 1.54) is 23.7 Å². The Morgan fingerprint density at radius 1 is 1.05 bits per heavy atom. The molecule has 2 aromatic rings. The van der Waals surface area contributed by atoms with Crippen LogP contribution in [0.15, 0.2) is 38.8 Å². The quantitative estimate of drug-likeness (QED) is 0.860. The van der Waals surface area contributed by atoms with Crippen LogP contribution in [-0.4, -0.2) is 13.7 Å². The monoisotopic (exact) mass is 304 g/mol. The highest BCUT2D eigenvalue weighted by Crippen LogP contribution is 2.05. The molecule has 0 amide bonds. The first-order valence-electron chi connectivity index (χ1n) is 7.14. The predicted octanol–water partition coefficient (Wildman–Crippen LogP) is 0.268. The van der Waals surface area contributed by atoms with Crippen LogP contribution in [0.2, 0.25) is 0 Å². The second-order valence-electron chi connectivity index (χ2n) is 5.18. The van der Waals surface area contributed by atoms with Crippen molar-refractivity contribution in [3.63, 3.8) is 0 Å². The van der Waals surface area contributed by atoms with Crippen molar-refractivity contribution in [3.8, 4) is 0 Å². The SMILES string of the molecule is CCCn1cc(NCc2cc(=O)n(C)c(=O)n2C)ccc1=O. The molecule has 0 aliphatic heterocycles. The smallest absolute Gasteiger partial charge is 0.330 e. The molecule has 0 saturated carbocycles. The third-order valence-corrected chi connectivity index (χ3v) is 3.55. The minimum Gasteiger partial charge on any atom is -0.378 e. The molecule has 0 radical (unpaired) electrons. The Morgan fingerprint density at radius 2 is 1.77 bits per heavy atom. The summed E-state index contributed by atoms with van der Waals surface area (Å²) in [5, 5.41) is 3.13. The summed E-state index contributed by atoms with van der Waals surface area (Å²) in [6.07, 6.45) is 2.61. The Kier molecular flexibility index (Phi) is 4.65. The molecule has 0 spiro atoms. The number of aromatic nitrogens is 3. The van der Waals surface area contributed by atoms with E-state index >= 15 is 0 Å². The molecule has 2 heterocycles. The highest BCUT2D eigenvalue weighted by molar-refractivity contribution is 5.40. The van der Waals surface area contributed by atoms with Gasteiger partial charge in [-0.05, 0) is 12.5 Å². The first-order chi connectivity index (χ1) is 10.4. The minimum atomic E-state index is -0.361. The van der Waals surface area contributed by atoms with Gasteiger partial charge in [0.15, 0.2) is 0 Å². The highest BCUT2D eigenvalue weighted by Gasteiger charge is 2.06. The molecule has 7 nitrogen and oxygen atoms in total. The van der Waals surface area contributed by atoms with E-state index in [2.05, 4.69) is 5.32 Å². The molecular formula is C15H20N4O3. The standard InChI is InChI=1S/C15H20N4O3/c1-4-7-19-10-11(5-6-13(19)20)16-9-12-8-14(21)18(3)15(22)17(12)2/h5-6,8,10,16H,4,7,9H2,1-3H3. The predicted molar refractivity (Wildman–Crippen MR) is 85.2 cm³/mol. The number of hydrogen-bond acceptors (Lipinski definition) is 4. The third kappa shape index (κ3) is 3.19. The molecule has 0 saturated heterocycles. The average Bonchev–Trinajstić information content (AvgIpc) is 2.50. The first kappa shape index (κ1) is 15.8. The van der Waals surface area contributed by atoms with Gasteiger partial charge in [-0.2, -0.15) is 0 Å². The van der Waals surface area contributed by atoms with Gasteiger partial charge >= 0.3 is 5.69 Å². The Balaban J connectivity index is 2.24. The Labute approximate surface area is 127 Å². The van der Waals surface area contributed by atoms with Gasteiger partial charge in [0.2, 0.25) is 0 Å². The van der Waals surface area contributed by atoms with Crippen molar-refractivity contribution >= 4 is 5.69 Å². The normalized spacial score (nSPS) is 10.7. The molecular weight excluding hydrogens is 284 g/mol. The fraction of sp³-hybridized carbons (Fsp3) is 0.400. The number of nitrogens with one attached hydrogen (secondary N) is 1. The molecule has 0 atom stereocenters. The summed E-state index contributed by atoms with van der Waals surface area (Å²) in [7, 11) is 3.07. The summed E-state index contributed by atoms with van der Waals surface area (Å²) >= 11 is 0. The van der Waals surface area contributed by atoms with Crippen LogP contribution >= 0.6 is 0 Å². The summed E-state index contributed by atoms with van der Waals surface area (Å²) in [6, 6.07) is 4.62. The summed E-state index contributed by atoms with van der Waals surface area (Å²) in [4.78, 5) is 35.2. The van der Waals surface area contributed by atoms with Crippen LogP contribution in [0.25, 0.3) is 0 Å². The van der Waals surface area contributed by atoms with Gasteiger partial charge in [0.25, 0.3) is 11.1 Å². The summed E-state index contributed by atoms with van der Waals surface area (Å²) in [5.74, 6) is 0. The van der Waals surface area contributed by atoms with Gasteiger partial charge in [-0.1, -0.05) is 6.92 Å². The van der Waals surface area contributed by atoms with Gasteiger partial charge in [0.1, 0.15) is 0 Å². The first-order valence-corrected chi connectivity index (χ1v) is 7.14. The van der Waals surface area contributed by atoms with E-state index < -0.39 is 0 Å². The molecule has 1 N–H and O–H groups in total. The number of hydrogen-bond donors (Lipinski definition) is 1. The zero-order chi connectivity index (χ0) is 16.3. The van der Waals surface area contributed by atoms with E-state index in [9.17, 15) is 14.4 Å². The van der Waals surface area contributed by atoms with Crippen LogP contribution < -0.4 is 22.1 Å². The maximum Gasteiger partial charge on any atom is 0.330 e. The molecule has 118 valence electrons. The maximum absolute atomic E-state index is 11.9. The van der Waals surface area contributed by atoms with Crippen molar-refractivity contribution in [2.24, 2.45) is 14.1 Å². The number of nitrogens with zero attached hydrogens (tertiary/aromatic N) is 3. The Morgan fingerprint density at radius 3 is 2.45 bits per heavy atom. The largest absolute Gasteiger partial charge is 0.378 e. The third-order valence-electron chi connectivity index (χ3n) is 3.55. The van der Waals surface area contributed by atoms with Crippen LogP contribution in [-0.2, 0) is 27.2 Å². The molecule has 22 heavy (non-hydrogen) atoms. The topological polar surface area (TPSA) is 78.0 Å². The lowest BCUT2D eigenvalue weighted by molar-refractivity contribution is 0.650. The molecule has 0 unspecified atom stereocenters. The van der Waals surface area contributed by atoms with Crippen molar-refractivity contribution in [1.29, 1.82) is 0 Å². The van der Waals surface area contributed by atoms with E-state index in [4.69, 9.17) is 0 Å². The van der Waals surface area contributed by atoms with Crippen molar-refractivity contribution in [2.45, 2.75) is 26.4 Å². The van der Waals surface area contributed by atoms with Gasteiger partial charge in [0, 0.05) is 44.7 Å². The van der Waals surface area contributed by atoms with Crippen molar-refractivity contribution < 1.29 is 0 Å². The molecule has 0 fully saturated rings. The molecule has 0 aliphatic rings. The van der Waals surface area contributed by atoms with Gasteiger partial charge < -0.3 is 9.88 Å². The van der Waals surface area contributed by atoms with Crippen LogP contribution in [0.1, 0.15) is 19.0 Å². The van der Waals surface area contributed by atoms with Gasteiger partial charge in [0.05, 0.1) is 12.2 Å². The van der Waals surface area contributed by atoms with Crippen molar-refractivity contribution in [2.75, 3.05) is 5.32 Å². The van der Waals surface area contributed by atoms with Crippen LogP contribution in [0.4, 0.5) is 5.69 Å². The van der Waals surface area contributed by atoms with Gasteiger partial charge in [-0.3, -0.25) is 18.7 Å². The lowest BCUT2D eigenvalue weighted by Crippen LogP contribution is -2.38. The fourth-order valence-electron chi connectivity index (χ4n) is 2.19. The highest BCUT2D eigenvalue weighted by atomic mass is 16.2. The van der Waals surface area contributed by atoms with Crippen LogP contribution in [0, 0.1) is 0 Å². The zero-order valence-electron chi connectivity index (χ0n) is 13.0. The lowest BCUT2D eigenvalue weighted by Gasteiger charge is -2.12. The number of rotatable bonds is 5. The second kappa shape index (κ2) is 6.46. The van der Waals surface area contributed by atoms with Crippen molar-refractivity contribution in [3.05, 3.63) is 61.3 Å². The number of aryl methyl sites for hydroxylation is 1. The zero-order valence-corrected chi connectivity index (χ0v) is 13.0. The van der Waals surface area contributed by atoms with E-state index in [1.807, 2.05) is 6.92 Å². The van der Waals surface area contributed by atoms with Gasteiger partial charge in [-0.25, -0.2) is 4.79 Å². The molecule has 2 aromatic heterocycles. The van der Waals surface area contributed by atoms with Gasteiger partial charge in [-0.15, -0.1) is 0 Å². The Bertz CT molecular complexity index is 845. The van der Waals surface area contributed by atoms with E-state index in [1.54, 1.807) is 23.9 Å².